The molecule has 0 fully saturated rings. The number of fused-ring (bicyclic) bond motifs is 2. The lowest BCUT2D eigenvalue weighted by molar-refractivity contribution is -0.113. The van der Waals surface area contributed by atoms with E-state index in [1.165, 1.54) is 22.2 Å². The number of thiophene rings is 1. The maximum atomic E-state index is 13.0. The van der Waals surface area contributed by atoms with E-state index in [9.17, 15) is 10.1 Å². The van der Waals surface area contributed by atoms with Gasteiger partial charge < -0.3 is 5.32 Å². The maximum Gasteiger partial charge on any atom is 0.235 e. The zero-order valence-corrected chi connectivity index (χ0v) is 22.5. The van der Waals surface area contributed by atoms with Gasteiger partial charge in [0.25, 0.3) is 0 Å². The van der Waals surface area contributed by atoms with Gasteiger partial charge in [-0.15, -0.1) is 21.5 Å². The van der Waals surface area contributed by atoms with Crippen molar-refractivity contribution in [3.8, 4) is 23.1 Å². The molecule has 0 radical (unpaired) electrons. The molecule has 1 aliphatic carbocycles. The van der Waals surface area contributed by atoms with Crippen LogP contribution < -0.4 is 5.32 Å². The third-order valence-electron chi connectivity index (χ3n) is 6.82. The monoisotopic (exact) mass is 535 g/mol. The van der Waals surface area contributed by atoms with E-state index in [0.717, 1.165) is 59.1 Å². The van der Waals surface area contributed by atoms with Gasteiger partial charge in [-0.3, -0.25) is 9.36 Å². The molecule has 6 nitrogen and oxygen atoms in total. The van der Waals surface area contributed by atoms with E-state index in [0.29, 0.717) is 15.7 Å². The highest BCUT2D eigenvalue weighted by Gasteiger charge is 2.23. The van der Waals surface area contributed by atoms with E-state index in [1.54, 1.807) is 11.3 Å². The lowest BCUT2D eigenvalue weighted by Crippen LogP contribution is -2.14. The van der Waals surface area contributed by atoms with Crippen molar-refractivity contribution < 1.29 is 4.79 Å². The summed E-state index contributed by atoms with van der Waals surface area (Å²) in [5, 5.41) is 25.3. The SMILES string of the molecule is Cc1ccc(-c2nnc(SCC(=O)Nc3sc4c(c3C#N)CCCC4)n2-c2cccc3ccccc23)cc1. The minimum Gasteiger partial charge on any atom is -0.316 e. The van der Waals surface area contributed by atoms with Crippen LogP contribution in [0.4, 0.5) is 5.00 Å². The summed E-state index contributed by atoms with van der Waals surface area (Å²) in [4.78, 5) is 14.3. The standard InChI is InChI=1S/C30H25N5OS2/c1-19-13-15-21(16-14-19)28-33-34-30(35(28)25-11-6-8-20-7-2-3-9-22(20)25)37-18-27(36)32-29-24(17-31)23-10-4-5-12-26(23)38-29/h2-3,6-9,11,13-16H,4-5,10,12,18H2,1H3,(H,32,36). The Bertz CT molecular complexity index is 1690. The number of nitrogens with zero attached hydrogens (tertiary/aromatic N) is 4. The molecular formula is C30H25N5OS2. The third kappa shape index (κ3) is 4.60. The fraction of sp³-hybridized carbons (Fsp3) is 0.200. The van der Waals surface area contributed by atoms with Gasteiger partial charge >= 0.3 is 0 Å². The quantitative estimate of drug-likeness (QED) is 0.238. The molecule has 0 spiro atoms. The van der Waals surface area contributed by atoms with Crippen LogP contribution in [0.3, 0.4) is 0 Å². The molecule has 1 amide bonds. The van der Waals surface area contributed by atoms with E-state index < -0.39 is 0 Å². The summed E-state index contributed by atoms with van der Waals surface area (Å²) in [5.74, 6) is 0.723. The second kappa shape index (κ2) is 10.4. The summed E-state index contributed by atoms with van der Waals surface area (Å²) in [6.07, 6.45) is 4.12. The van der Waals surface area contributed by atoms with Crippen molar-refractivity contribution in [2.45, 2.75) is 37.8 Å². The number of hydrogen-bond donors (Lipinski definition) is 1. The molecule has 1 N–H and O–H groups in total. The van der Waals surface area contributed by atoms with Crippen LogP contribution in [0, 0.1) is 18.3 Å². The van der Waals surface area contributed by atoms with Gasteiger partial charge in [-0.1, -0.05) is 78.0 Å². The Morgan fingerprint density at radius 3 is 2.68 bits per heavy atom. The number of amides is 1. The van der Waals surface area contributed by atoms with E-state index in [2.05, 4.69) is 64.9 Å². The van der Waals surface area contributed by atoms with Crippen molar-refractivity contribution in [3.63, 3.8) is 0 Å². The van der Waals surface area contributed by atoms with Gasteiger partial charge in [0.1, 0.15) is 11.1 Å². The van der Waals surface area contributed by atoms with Gasteiger partial charge in [-0.05, 0) is 49.6 Å². The number of carbonyl (C=O) groups excluding carboxylic acids is 1. The first-order chi connectivity index (χ1) is 18.6. The van der Waals surface area contributed by atoms with Crippen LogP contribution >= 0.6 is 23.1 Å². The lowest BCUT2D eigenvalue weighted by Gasteiger charge is -2.13. The first kappa shape index (κ1) is 24.4. The van der Waals surface area contributed by atoms with Crippen LogP contribution in [-0.2, 0) is 17.6 Å². The molecule has 6 rings (SSSR count). The minimum atomic E-state index is -0.158. The van der Waals surface area contributed by atoms with Gasteiger partial charge in [0, 0.05) is 15.8 Å². The van der Waals surface area contributed by atoms with Gasteiger partial charge in [0.2, 0.25) is 5.91 Å². The fourth-order valence-corrected chi connectivity index (χ4v) is 6.94. The zero-order chi connectivity index (χ0) is 26.1. The second-order valence-corrected chi connectivity index (χ2v) is 11.4. The highest BCUT2D eigenvalue weighted by Crippen LogP contribution is 2.38. The highest BCUT2D eigenvalue weighted by atomic mass is 32.2. The van der Waals surface area contributed by atoms with Gasteiger partial charge in [-0.25, -0.2) is 0 Å². The van der Waals surface area contributed by atoms with Crippen LogP contribution in [0.25, 0.3) is 27.8 Å². The topological polar surface area (TPSA) is 83.6 Å². The number of hydrogen-bond acceptors (Lipinski definition) is 6. The summed E-state index contributed by atoms with van der Waals surface area (Å²) in [6, 6.07) is 24.9. The largest absolute Gasteiger partial charge is 0.316 e. The smallest absolute Gasteiger partial charge is 0.235 e. The predicted molar refractivity (Wildman–Crippen MR) is 154 cm³/mol. The van der Waals surface area contributed by atoms with E-state index in [1.807, 2.05) is 34.9 Å². The first-order valence-corrected chi connectivity index (χ1v) is 14.4. The van der Waals surface area contributed by atoms with E-state index in [4.69, 9.17) is 0 Å². The van der Waals surface area contributed by atoms with Crippen molar-refractivity contribution in [1.82, 2.24) is 14.8 Å². The normalized spacial score (nSPS) is 12.7. The Morgan fingerprint density at radius 2 is 1.84 bits per heavy atom. The minimum absolute atomic E-state index is 0.157. The number of anilines is 1. The highest BCUT2D eigenvalue weighted by molar-refractivity contribution is 7.99. The van der Waals surface area contributed by atoms with E-state index >= 15 is 0 Å². The zero-order valence-electron chi connectivity index (χ0n) is 20.9. The number of thioether (sulfide) groups is 1. The number of aromatic nitrogens is 3. The summed E-state index contributed by atoms with van der Waals surface area (Å²) in [5.41, 5.74) is 4.83. The molecule has 5 aromatic rings. The van der Waals surface area contributed by atoms with Crippen LogP contribution in [0.2, 0.25) is 0 Å². The molecule has 8 heteroatoms. The summed E-state index contributed by atoms with van der Waals surface area (Å²) in [6.45, 7) is 2.06. The number of aryl methyl sites for hydroxylation is 2. The molecule has 0 aliphatic heterocycles. The second-order valence-electron chi connectivity index (χ2n) is 9.37. The van der Waals surface area contributed by atoms with Gasteiger partial charge in [-0.2, -0.15) is 5.26 Å². The molecule has 0 saturated heterocycles. The van der Waals surface area contributed by atoms with Crippen molar-refractivity contribution >= 4 is 44.8 Å². The van der Waals surface area contributed by atoms with Crippen LogP contribution in [0.5, 0.6) is 0 Å². The third-order valence-corrected chi connectivity index (χ3v) is 8.96. The Labute approximate surface area is 229 Å². The van der Waals surface area contributed by atoms with Crippen molar-refractivity contribution in [2.24, 2.45) is 0 Å². The Balaban J connectivity index is 1.32. The van der Waals surface area contributed by atoms with Crippen molar-refractivity contribution in [2.75, 3.05) is 11.1 Å². The number of benzene rings is 3. The van der Waals surface area contributed by atoms with Crippen molar-refractivity contribution in [3.05, 3.63) is 88.3 Å². The number of rotatable bonds is 6. The maximum absolute atomic E-state index is 13.0. The van der Waals surface area contributed by atoms with Crippen LogP contribution in [-0.4, -0.2) is 26.4 Å². The lowest BCUT2D eigenvalue weighted by atomic mass is 9.96. The van der Waals surface area contributed by atoms with E-state index in [-0.39, 0.29) is 11.7 Å². The average molecular weight is 536 g/mol. The number of carbonyl (C=O) groups is 1. The fourth-order valence-electron chi connectivity index (χ4n) is 4.94. The molecule has 0 bridgehead atoms. The Morgan fingerprint density at radius 1 is 1.05 bits per heavy atom. The summed E-state index contributed by atoms with van der Waals surface area (Å²) < 4.78 is 2.04. The molecular weight excluding hydrogens is 510 g/mol. The molecule has 38 heavy (non-hydrogen) atoms. The van der Waals surface area contributed by atoms with Gasteiger partial charge in [0.15, 0.2) is 11.0 Å². The summed E-state index contributed by atoms with van der Waals surface area (Å²) >= 11 is 2.89. The molecule has 0 unspecified atom stereocenters. The first-order valence-electron chi connectivity index (χ1n) is 12.6. The molecule has 1 aliphatic rings. The van der Waals surface area contributed by atoms with Gasteiger partial charge in [0.05, 0.1) is 17.0 Å². The average Bonchev–Trinajstić information content (AvgIpc) is 3.52. The Hall–Kier alpha value is -3.93. The van der Waals surface area contributed by atoms with Crippen LogP contribution in [0.1, 0.15) is 34.4 Å². The predicted octanol–water partition coefficient (Wildman–Crippen LogP) is 6.94. The van der Waals surface area contributed by atoms with Crippen molar-refractivity contribution in [1.29, 1.82) is 5.26 Å². The molecule has 3 aromatic carbocycles. The molecule has 2 heterocycles. The molecule has 2 aromatic heterocycles. The molecule has 188 valence electrons. The van der Waals surface area contributed by atoms with Crippen LogP contribution in [0.15, 0.2) is 71.9 Å². The summed E-state index contributed by atoms with van der Waals surface area (Å²) in [7, 11) is 0. The number of nitrogens with one attached hydrogen (secondary N) is 1. The molecule has 0 saturated carbocycles. The molecule has 0 atom stereocenters. The number of nitriles is 1. The Kier molecular flexibility index (Phi) is 6.71.